The van der Waals surface area contributed by atoms with Crippen LogP contribution in [0.25, 0.3) is 5.65 Å². The van der Waals surface area contributed by atoms with Crippen LogP contribution in [0.5, 0.6) is 0 Å². The van der Waals surface area contributed by atoms with Crippen molar-refractivity contribution in [3.8, 4) is 0 Å². The maximum atomic E-state index is 12.8. The van der Waals surface area contributed by atoms with Gasteiger partial charge in [-0.05, 0) is 49.6 Å². The molecule has 7 heteroatoms. The number of sulfone groups is 1. The van der Waals surface area contributed by atoms with Crippen molar-refractivity contribution in [1.82, 2.24) is 9.38 Å². The Morgan fingerprint density at radius 2 is 1.93 bits per heavy atom. The lowest BCUT2D eigenvalue weighted by molar-refractivity contribution is 0.579. The van der Waals surface area contributed by atoms with Gasteiger partial charge in [0, 0.05) is 18.0 Å². The molecule has 0 radical (unpaired) electrons. The number of nitrogens with zero attached hydrogens (tertiary/aromatic N) is 2. The summed E-state index contributed by atoms with van der Waals surface area (Å²) in [6, 6.07) is 12.1. The molecule has 1 aliphatic rings. The standard InChI is InChI=1S/C21H23N3O3S/c1-15-9-10-20-23-17(12-21(25)24(20)14-15)13-22-16-5-4-8-19(11-16)28(26,27)18-6-2-3-7-18/h4-5,8-12,14,18,22H,2-3,6-7,13H2,1H3. The van der Waals surface area contributed by atoms with Gasteiger partial charge < -0.3 is 5.32 Å². The molecule has 0 spiro atoms. The average molecular weight is 398 g/mol. The first-order valence-electron chi connectivity index (χ1n) is 9.50. The van der Waals surface area contributed by atoms with Crippen LogP contribution in [0.15, 0.2) is 58.4 Å². The second-order valence-corrected chi connectivity index (χ2v) is 9.58. The van der Waals surface area contributed by atoms with Crippen molar-refractivity contribution in [2.45, 2.75) is 49.3 Å². The van der Waals surface area contributed by atoms with E-state index in [9.17, 15) is 13.2 Å². The summed E-state index contributed by atoms with van der Waals surface area (Å²) in [6.07, 6.45) is 5.20. The third kappa shape index (κ3) is 3.67. The van der Waals surface area contributed by atoms with Crippen molar-refractivity contribution in [1.29, 1.82) is 0 Å². The van der Waals surface area contributed by atoms with Gasteiger partial charge in [-0.25, -0.2) is 13.4 Å². The third-order valence-corrected chi connectivity index (χ3v) is 7.50. The lowest BCUT2D eigenvalue weighted by Gasteiger charge is -2.13. The van der Waals surface area contributed by atoms with Crippen LogP contribution in [0, 0.1) is 6.92 Å². The molecule has 3 aromatic rings. The molecule has 0 unspecified atom stereocenters. The van der Waals surface area contributed by atoms with E-state index in [-0.39, 0.29) is 10.8 Å². The van der Waals surface area contributed by atoms with Crippen LogP contribution >= 0.6 is 0 Å². The van der Waals surface area contributed by atoms with E-state index in [4.69, 9.17) is 0 Å². The highest BCUT2D eigenvalue weighted by Gasteiger charge is 2.30. The number of aromatic nitrogens is 2. The molecule has 2 aromatic heterocycles. The van der Waals surface area contributed by atoms with Gasteiger partial charge in [0.15, 0.2) is 9.84 Å². The number of rotatable bonds is 5. The van der Waals surface area contributed by atoms with Gasteiger partial charge in [0.2, 0.25) is 0 Å². The van der Waals surface area contributed by atoms with E-state index in [2.05, 4.69) is 10.3 Å². The van der Waals surface area contributed by atoms with Crippen molar-refractivity contribution >= 4 is 21.2 Å². The number of nitrogens with one attached hydrogen (secondary N) is 1. The van der Waals surface area contributed by atoms with E-state index in [1.807, 2.05) is 25.1 Å². The summed E-state index contributed by atoms with van der Waals surface area (Å²) in [4.78, 5) is 17.2. The Morgan fingerprint density at radius 1 is 1.14 bits per heavy atom. The highest BCUT2D eigenvalue weighted by atomic mass is 32.2. The molecule has 2 heterocycles. The molecule has 1 aromatic carbocycles. The Labute approximate surface area is 164 Å². The Hall–Kier alpha value is -2.67. The molecule has 0 bridgehead atoms. The van der Waals surface area contributed by atoms with E-state index in [1.54, 1.807) is 24.4 Å². The largest absolute Gasteiger partial charge is 0.379 e. The molecule has 1 aliphatic carbocycles. The van der Waals surface area contributed by atoms with Crippen LogP contribution in [-0.2, 0) is 16.4 Å². The normalized spacial score (nSPS) is 15.2. The second-order valence-electron chi connectivity index (χ2n) is 7.35. The van der Waals surface area contributed by atoms with Crippen molar-refractivity contribution in [2.24, 2.45) is 0 Å². The van der Waals surface area contributed by atoms with Crippen molar-refractivity contribution < 1.29 is 8.42 Å². The van der Waals surface area contributed by atoms with Crippen LogP contribution in [0.1, 0.15) is 36.9 Å². The van der Waals surface area contributed by atoms with E-state index in [0.29, 0.717) is 28.5 Å². The Bertz CT molecular complexity index is 1180. The molecule has 0 atom stereocenters. The zero-order valence-corrected chi connectivity index (χ0v) is 16.6. The molecule has 1 fully saturated rings. The summed E-state index contributed by atoms with van der Waals surface area (Å²) in [7, 11) is -3.29. The minimum absolute atomic E-state index is 0.136. The molecule has 0 saturated heterocycles. The number of aryl methyl sites for hydroxylation is 1. The SMILES string of the molecule is Cc1ccc2nc(CNc3cccc(S(=O)(=O)C4CCCC4)c3)cc(=O)n2c1. The summed E-state index contributed by atoms with van der Waals surface area (Å²) in [6.45, 7) is 2.26. The molecule has 146 valence electrons. The first-order valence-corrected chi connectivity index (χ1v) is 11.0. The zero-order chi connectivity index (χ0) is 19.7. The molecule has 6 nitrogen and oxygen atoms in total. The first-order chi connectivity index (χ1) is 13.4. The molecular formula is C21H23N3O3S. The van der Waals surface area contributed by atoms with E-state index in [0.717, 1.165) is 31.2 Å². The monoisotopic (exact) mass is 397 g/mol. The molecule has 0 amide bonds. The summed E-state index contributed by atoms with van der Waals surface area (Å²) >= 11 is 0. The fourth-order valence-corrected chi connectivity index (χ4v) is 5.61. The number of benzene rings is 1. The van der Waals surface area contributed by atoms with Gasteiger partial charge in [-0.3, -0.25) is 9.20 Å². The van der Waals surface area contributed by atoms with Crippen LogP contribution in [0.4, 0.5) is 5.69 Å². The van der Waals surface area contributed by atoms with Crippen LogP contribution in [0.3, 0.4) is 0 Å². The maximum Gasteiger partial charge on any atom is 0.258 e. The minimum Gasteiger partial charge on any atom is -0.379 e. The van der Waals surface area contributed by atoms with Gasteiger partial charge in [0.1, 0.15) is 5.65 Å². The van der Waals surface area contributed by atoms with Gasteiger partial charge in [-0.2, -0.15) is 0 Å². The highest BCUT2D eigenvalue weighted by molar-refractivity contribution is 7.92. The fourth-order valence-electron chi connectivity index (χ4n) is 3.72. The predicted molar refractivity (Wildman–Crippen MR) is 109 cm³/mol. The van der Waals surface area contributed by atoms with Crippen LogP contribution < -0.4 is 10.9 Å². The molecule has 0 aliphatic heterocycles. The molecule has 28 heavy (non-hydrogen) atoms. The lowest BCUT2D eigenvalue weighted by Crippen LogP contribution is -2.18. The highest BCUT2D eigenvalue weighted by Crippen LogP contribution is 2.30. The van der Waals surface area contributed by atoms with Gasteiger partial charge in [-0.15, -0.1) is 0 Å². The van der Waals surface area contributed by atoms with Crippen molar-refractivity contribution in [2.75, 3.05) is 5.32 Å². The number of anilines is 1. The minimum atomic E-state index is -3.29. The van der Waals surface area contributed by atoms with E-state index >= 15 is 0 Å². The quantitative estimate of drug-likeness (QED) is 0.714. The molecule has 1 saturated carbocycles. The van der Waals surface area contributed by atoms with Gasteiger partial charge in [0.25, 0.3) is 5.56 Å². The van der Waals surface area contributed by atoms with Crippen LogP contribution in [0.2, 0.25) is 0 Å². The molecule has 1 N–H and O–H groups in total. The summed E-state index contributed by atoms with van der Waals surface area (Å²) in [5.74, 6) is 0. The summed E-state index contributed by atoms with van der Waals surface area (Å²) in [5, 5.41) is 2.92. The Balaban J connectivity index is 1.55. The lowest BCUT2D eigenvalue weighted by atomic mass is 10.3. The summed E-state index contributed by atoms with van der Waals surface area (Å²) in [5.41, 5.74) is 2.75. The first kappa shape index (κ1) is 18.7. The number of hydrogen-bond donors (Lipinski definition) is 1. The molecule has 4 rings (SSSR count). The third-order valence-electron chi connectivity index (χ3n) is 5.24. The number of fused-ring (bicyclic) bond motifs is 1. The Morgan fingerprint density at radius 3 is 2.71 bits per heavy atom. The summed E-state index contributed by atoms with van der Waals surface area (Å²) < 4.78 is 27.1. The Kier molecular flexibility index (Phi) is 4.93. The number of pyridine rings is 1. The van der Waals surface area contributed by atoms with Gasteiger partial charge in [-0.1, -0.05) is 25.0 Å². The average Bonchev–Trinajstić information content (AvgIpc) is 3.23. The van der Waals surface area contributed by atoms with E-state index < -0.39 is 9.84 Å². The van der Waals surface area contributed by atoms with E-state index in [1.165, 1.54) is 10.5 Å². The smallest absolute Gasteiger partial charge is 0.258 e. The van der Waals surface area contributed by atoms with Crippen molar-refractivity contribution in [3.63, 3.8) is 0 Å². The molecular weight excluding hydrogens is 374 g/mol. The fraction of sp³-hybridized carbons (Fsp3) is 0.333. The van der Waals surface area contributed by atoms with Crippen molar-refractivity contribution in [3.05, 3.63) is 70.3 Å². The van der Waals surface area contributed by atoms with Crippen LogP contribution in [-0.4, -0.2) is 23.1 Å². The maximum absolute atomic E-state index is 12.8. The number of hydrogen-bond acceptors (Lipinski definition) is 5. The van der Waals surface area contributed by atoms with Gasteiger partial charge in [0.05, 0.1) is 22.4 Å². The predicted octanol–water partition coefficient (Wildman–Crippen LogP) is 3.33. The topological polar surface area (TPSA) is 80.5 Å². The van der Waals surface area contributed by atoms with Gasteiger partial charge >= 0.3 is 0 Å². The second kappa shape index (κ2) is 7.39. The zero-order valence-electron chi connectivity index (χ0n) is 15.8.